The van der Waals surface area contributed by atoms with Gasteiger partial charge in [0.25, 0.3) is 0 Å². The minimum absolute atomic E-state index is 0.0161. The Labute approximate surface area is 157 Å². The van der Waals surface area contributed by atoms with Gasteiger partial charge in [0.15, 0.2) is 5.82 Å². The van der Waals surface area contributed by atoms with Crippen LogP contribution < -0.4 is 4.90 Å². The van der Waals surface area contributed by atoms with Gasteiger partial charge in [-0.25, -0.2) is 9.97 Å². The Kier molecular flexibility index (Phi) is 5.30. The number of ether oxygens (including phenoxy) is 2. The van der Waals surface area contributed by atoms with Crippen LogP contribution in [0.4, 0.5) is 5.82 Å². The number of morpholine rings is 2. The summed E-state index contributed by atoms with van der Waals surface area (Å²) < 4.78 is 12.7. The second-order valence-corrected chi connectivity index (χ2v) is 6.71. The lowest BCUT2D eigenvalue weighted by atomic mass is 10.1. The zero-order valence-corrected chi connectivity index (χ0v) is 15.5. The first-order valence-electron chi connectivity index (χ1n) is 9.22. The number of hydrogen-bond donors (Lipinski definition) is 0. The molecule has 27 heavy (non-hydrogen) atoms. The first-order valence-corrected chi connectivity index (χ1v) is 9.22. The van der Waals surface area contributed by atoms with Crippen LogP contribution in [0.1, 0.15) is 17.6 Å². The van der Waals surface area contributed by atoms with E-state index in [2.05, 4.69) is 15.0 Å². The number of hydrogen-bond acceptors (Lipinski definition) is 7. The highest BCUT2D eigenvalue weighted by atomic mass is 16.5. The first kappa shape index (κ1) is 17.9. The summed E-state index contributed by atoms with van der Waals surface area (Å²) in [5, 5.41) is 4.31. The second kappa shape index (κ2) is 8.01. The fraction of sp³-hybridized carbons (Fsp3) is 0.556. The third-order valence-electron chi connectivity index (χ3n) is 4.84. The van der Waals surface area contributed by atoms with Crippen molar-refractivity contribution in [1.29, 1.82) is 0 Å². The van der Waals surface area contributed by atoms with E-state index < -0.39 is 0 Å². The topological polar surface area (TPSA) is 85.6 Å². The van der Waals surface area contributed by atoms with Crippen LogP contribution in [0.3, 0.4) is 0 Å². The van der Waals surface area contributed by atoms with Crippen molar-refractivity contribution >= 4 is 11.7 Å². The molecule has 2 saturated heterocycles. The molecule has 9 nitrogen and oxygen atoms in total. The number of aromatic nitrogens is 4. The van der Waals surface area contributed by atoms with Gasteiger partial charge in [0.1, 0.15) is 11.9 Å². The highest BCUT2D eigenvalue weighted by molar-refractivity contribution is 5.78. The zero-order chi connectivity index (χ0) is 18.6. The molecule has 4 heterocycles. The van der Waals surface area contributed by atoms with E-state index in [1.165, 1.54) is 0 Å². The standard InChI is InChI=1S/C18H24N6O3/c1-22-5-3-14(21-22)12-17(25)24-8-11-27-13-15(24)18-19-4-2-16(20-18)23-6-9-26-10-7-23/h2-5,15H,6-13H2,1H3. The molecule has 0 saturated carbocycles. The van der Waals surface area contributed by atoms with E-state index in [1.54, 1.807) is 10.9 Å². The zero-order valence-electron chi connectivity index (χ0n) is 15.5. The van der Waals surface area contributed by atoms with Crippen molar-refractivity contribution in [3.05, 3.63) is 36.0 Å². The third kappa shape index (κ3) is 4.09. The van der Waals surface area contributed by atoms with Crippen molar-refractivity contribution < 1.29 is 14.3 Å². The van der Waals surface area contributed by atoms with E-state index in [1.807, 2.05) is 30.3 Å². The Hall–Kier alpha value is -2.52. The predicted molar refractivity (Wildman–Crippen MR) is 97.2 cm³/mol. The number of nitrogens with zero attached hydrogens (tertiary/aromatic N) is 6. The molecule has 4 rings (SSSR count). The lowest BCUT2D eigenvalue weighted by Crippen LogP contribution is -2.45. The average Bonchev–Trinajstić information content (AvgIpc) is 3.13. The molecule has 0 radical (unpaired) electrons. The SMILES string of the molecule is Cn1ccc(CC(=O)N2CCOCC2c2nccc(N3CCOCC3)n2)n1. The van der Waals surface area contributed by atoms with Crippen LogP contribution in [0.15, 0.2) is 24.5 Å². The Morgan fingerprint density at radius 3 is 2.78 bits per heavy atom. The highest BCUT2D eigenvalue weighted by Crippen LogP contribution is 2.24. The van der Waals surface area contributed by atoms with Crippen LogP contribution in [-0.4, -0.2) is 76.6 Å². The van der Waals surface area contributed by atoms with Gasteiger partial charge >= 0.3 is 0 Å². The van der Waals surface area contributed by atoms with Crippen LogP contribution in [-0.2, 0) is 27.7 Å². The number of anilines is 1. The van der Waals surface area contributed by atoms with Crippen LogP contribution in [0, 0.1) is 0 Å². The fourth-order valence-corrected chi connectivity index (χ4v) is 3.42. The average molecular weight is 372 g/mol. The van der Waals surface area contributed by atoms with Gasteiger partial charge in [0, 0.05) is 39.1 Å². The quantitative estimate of drug-likeness (QED) is 0.757. The number of carbonyl (C=O) groups excluding carboxylic acids is 1. The van der Waals surface area contributed by atoms with E-state index in [0.29, 0.717) is 38.8 Å². The highest BCUT2D eigenvalue weighted by Gasteiger charge is 2.31. The molecule has 0 aromatic carbocycles. The first-order chi connectivity index (χ1) is 13.2. The molecular weight excluding hydrogens is 348 g/mol. The maximum Gasteiger partial charge on any atom is 0.229 e. The van der Waals surface area contributed by atoms with Crippen molar-refractivity contribution in [3.63, 3.8) is 0 Å². The van der Waals surface area contributed by atoms with E-state index in [0.717, 1.165) is 24.6 Å². The molecule has 2 aromatic rings. The minimum Gasteiger partial charge on any atom is -0.378 e. The Morgan fingerprint density at radius 1 is 1.19 bits per heavy atom. The molecule has 1 atom stereocenters. The maximum absolute atomic E-state index is 12.9. The van der Waals surface area contributed by atoms with Crippen molar-refractivity contribution in [2.75, 3.05) is 51.0 Å². The molecule has 0 N–H and O–H groups in total. The molecule has 9 heteroatoms. The van der Waals surface area contributed by atoms with Crippen molar-refractivity contribution in [1.82, 2.24) is 24.6 Å². The molecular formula is C18H24N6O3. The summed E-state index contributed by atoms with van der Waals surface area (Å²) in [4.78, 5) is 26.0. The van der Waals surface area contributed by atoms with Gasteiger partial charge in [-0.2, -0.15) is 5.10 Å². The monoisotopic (exact) mass is 372 g/mol. The Morgan fingerprint density at radius 2 is 2.00 bits per heavy atom. The van der Waals surface area contributed by atoms with Gasteiger partial charge in [-0.05, 0) is 12.1 Å². The summed E-state index contributed by atoms with van der Waals surface area (Å²) in [6, 6.07) is 3.48. The number of rotatable bonds is 4. The van der Waals surface area contributed by atoms with E-state index in [-0.39, 0.29) is 18.4 Å². The second-order valence-electron chi connectivity index (χ2n) is 6.71. The summed E-state index contributed by atoms with van der Waals surface area (Å²) >= 11 is 0. The smallest absolute Gasteiger partial charge is 0.229 e. The van der Waals surface area contributed by atoms with Gasteiger partial charge in [0.2, 0.25) is 5.91 Å². The van der Waals surface area contributed by atoms with E-state index in [4.69, 9.17) is 14.5 Å². The molecule has 1 amide bonds. The van der Waals surface area contributed by atoms with Gasteiger partial charge in [-0.1, -0.05) is 0 Å². The molecule has 2 aromatic heterocycles. The third-order valence-corrected chi connectivity index (χ3v) is 4.84. The number of amides is 1. The minimum atomic E-state index is -0.282. The molecule has 0 spiro atoms. The van der Waals surface area contributed by atoms with E-state index in [9.17, 15) is 4.79 Å². The fourth-order valence-electron chi connectivity index (χ4n) is 3.42. The molecule has 2 aliphatic heterocycles. The molecule has 144 valence electrons. The summed E-state index contributed by atoms with van der Waals surface area (Å²) in [5.41, 5.74) is 0.760. The van der Waals surface area contributed by atoms with Crippen molar-refractivity contribution in [2.24, 2.45) is 7.05 Å². The number of carbonyl (C=O) groups is 1. The van der Waals surface area contributed by atoms with Crippen LogP contribution >= 0.6 is 0 Å². The van der Waals surface area contributed by atoms with Gasteiger partial charge in [-0.3, -0.25) is 9.48 Å². The molecule has 0 bridgehead atoms. The van der Waals surface area contributed by atoms with Gasteiger partial charge in [-0.15, -0.1) is 0 Å². The molecule has 2 aliphatic rings. The normalized spacial score (nSPS) is 20.7. The largest absolute Gasteiger partial charge is 0.378 e. The number of aryl methyl sites for hydroxylation is 1. The maximum atomic E-state index is 12.9. The van der Waals surface area contributed by atoms with Crippen molar-refractivity contribution in [3.8, 4) is 0 Å². The molecule has 0 aliphatic carbocycles. The summed E-state index contributed by atoms with van der Waals surface area (Å²) in [5.74, 6) is 1.50. The van der Waals surface area contributed by atoms with Crippen LogP contribution in [0.2, 0.25) is 0 Å². The van der Waals surface area contributed by atoms with Gasteiger partial charge < -0.3 is 19.3 Å². The summed E-state index contributed by atoms with van der Waals surface area (Å²) in [6.45, 7) is 4.45. The predicted octanol–water partition coefficient (Wildman–Crippen LogP) is 0.189. The summed E-state index contributed by atoms with van der Waals surface area (Å²) in [7, 11) is 1.84. The van der Waals surface area contributed by atoms with Crippen LogP contribution in [0.25, 0.3) is 0 Å². The Bertz CT molecular complexity index is 789. The van der Waals surface area contributed by atoms with Crippen LogP contribution in [0.5, 0.6) is 0 Å². The van der Waals surface area contributed by atoms with Gasteiger partial charge in [0.05, 0.1) is 38.5 Å². The molecule has 2 fully saturated rings. The Balaban J connectivity index is 1.52. The van der Waals surface area contributed by atoms with E-state index >= 15 is 0 Å². The lowest BCUT2D eigenvalue weighted by Gasteiger charge is -2.35. The van der Waals surface area contributed by atoms with Crippen molar-refractivity contribution in [2.45, 2.75) is 12.5 Å². The molecule has 1 unspecified atom stereocenters. The summed E-state index contributed by atoms with van der Waals surface area (Å²) in [6.07, 6.45) is 3.86. The lowest BCUT2D eigenvalue weighted by molar-refractivity contribution is -0.139.